The van der Waals surface area contributed by atoms with Gasteiger partial charge in [-0.3, -0.25) is 0 Å². The van der Waals surface area contributed by atoms with Gasteiger partial charge in [0.2, 0.25) is 11.8 Å². The van der Waals surface area contributed by atoms with Gasteiger partial charge in [-0.05, 0) is 36.7 Å². The minimum atomic E-state index is 0.0705. The van der Waals surface area contributed by atoms with E-state index in [9.17, 15) is 0 Å². The van der Waals surface area contributed by atoms with E-state index in [2.05, 4.69) is 40.6 Å². The summed E-state index contributed by atoms with van der Waals surface area (Å²) < 4.78 is 5.85. The van der Waals surface area contributed by atoms with Crippen molar-refractivity contribution in [2.45, 2.75) is 26.3 Å². The van der Waals surface area contributed by atoms with Crippen LogP contribution in [0.1, 0.15) is 32.2 Å². The number of hydrogen-bond donors (Lipinski definition) is 1. The van der Waals surface area contributed by atoms with E-state index in [0.717, 1.165) is 23.9 Å². The third kappa shape index (κ3) is 2.81. The van der Waals surface area contributed by atoms with Gasteiger partial charge in [-0.15, -0.1) is 10.2 Å². The maximum Gasteiger partial charge on any atom is 0.248 e. The van der Waals surface area contributed by atoms with E-state index >= 15 is 0 Å². The predicted octanol–water partition coefficient (Wildman–Crippen LogP) is 3.95. The van der Waals surface area contributed by atoms with Crippen LogP contribution in [0.5, 0.6) is 0 Å². The first-order valence-electron chi connectivity index (χ1n) is 7.34. The molecule has 0 aliphatic heterocycles. The van der Waals surface area contributed by atoms with Crippen molar-refractivity contribution in [2.24, 2.45) is 0 Å². The molecule has 2 aromatic carbocycles. The van der Waals surface area contributed by atoms with Crippen molar-refractivity contribution in [2.75, 3.05) is 6.54 Å². The van der Waals surface area contributed by atoms with E-state index in [1.807, 2.05) is 31.2 Å². The average Bonchev–Trinajstić information content (AvgIpc) is 3.02. The average molecular weight is 281 g/mol. The van der Waals surface area contributed by atoms with Crippen molar-refractivity contribution in [1.82, 2.24) is 15.5 Å². The first-order chi connectivity index (χ1) is 10.3. The van der Waals surface area contributed by atoms with Gasteiger partial charge < -0.3 is 9.73 Å². The molecule has 0 bridgehead atoms. The Kier molecular flexibility index (Phi) is 3.97. The third-order valence-electron chi connectivity index (χ3n) is 3.53. The van der Waals surface area contributed by atoms with Crippen LogP contribution >= 0.6 is 0 Å². The monoisotopic (exact) mass is 281 g/mol. The molecule has 1 heterocycles. The van der Waals surface area contributed by atoms with E-state index in [1.54, 1.807) is 0 Å². The fraction of sp³-hybridized carbons (Fsp3) is 0.294. The number of nitrogens with zero attached hydrogens (tertiary/aromatic N) is 2. The van der Waals surface area contributed by atoms with Crippen LogP contribution in [-0.2, 0) is 0 Å². The van der Waals surface area contributed by atoms with Gasteiger partial charge in [0.1, 0.15) is 0 Å². The van der Waals surface area contributed by atoms with Crippen LogP contribution in [-0.4, -0.2) is 16.7 Å². The van der Waals surface area contributed by atoms with Crippen LogP contribution in [0.15, 0.2) is 46.9 Å². The Morgan fingerprint density at radius 3 is 2.76 bits per heavy atom. The lowest BCUT2D eigenvalue weighted by molar-refractivity contribution is 0.423. The molecule has 108 valence electrons. The van der Waals surface area contributed by atoms with Gasteiger partial charge >= 0.3 is 0 Å². The zero-order chi connectivity index (χ0) is 14.7. The standard InChI is InChI=1S/C17H19N3O/c1-3-11-18-12(2)16-19-20-17(21-16)15-10-6-8-13-7-4-5-9-14(13)15/h4-10,12,18H,3,11H2,1-2H3. The van der Waals surface area contributed by atoms with E-state index in [0.29, 0.717) is 11.8 Å². The normalized spacial score (nSPS) is 12.7. The van der Waals surface area contributed by atoms with Gasteiger partial charge in [-0.1, -0.05) is 43.3 Å². The number of benzene rings is 2. The number of aromatic nitrogens is 2. The third-order valence-corrected chi connectivity index (χ3v) is 3.53. The molecule has 0 spiro atoms. The maximum atomic E-state index is 5.85. The molecule has 0 fully saturated rings. The van der Waals surface area contributed by atoms with Crippen LogP contribution in [0.25, 0.3) is 22.2 Å². The molecule has 3 rings (SSSR count). The number of fused-ring (bicyclic) bond motifs is 1. The van der Waals surface area contributed by atoms with Crippen molar-refractivity contribution in [1.29, 1.82) is 0 Å². The zero-order valence-electron chi connectivity index (χ0n) is 12.3. The molecule has 1 N–H and O–H groups in total. The van der Waals surface area contributed by atoms with E-state index < -0.39 is 0 Å². The number of hydrogen-bond acceptors (Lipinski definition) is 4. The highest BCUT2D eigenvalue weighted by molar-refractivity contribution is 5.94. The number of nitrogens with one attached hydrogen (secondary N) is 1. The first-order valence-corrected chi connectivity index (χ1v) is 7.34. The molecule has 4 heteroatoms. The Labute approximate surface area is 124 Å². The molecular formula is C17H19N3O. The second kappa shape index (κ2) is 6.06. The van der Waals surface area contributed by atoms with Crippen LogP contribution in [0.2, 0.25) is 0 Å². The molecule has 1 aromatic heterocycles. The lowest BCUT2D eigenvalue weighted by Gasteiger charge is -2.07. The Hall–Kier alpha value is -2.20. The summed E-state index contributed by atoms with van der Waals surface area (Å²) in [6, 6.07) is 14.4. The van der Waals surface area contributed by atoms with Gasteiger partial charge in [0.05, 0.1) is 6.04 Å². The van der Waals surface area contributed by atoms with E-state index in [-0.39, 0.29) is 6.04 Å². The SMILES string of the molecule is CCCNC(C)c1nnc(-c2cccc3ccccc23)o1. The topological polar surface area (TPSA) is 51.0 Å². The van der Waals surface area contributed by atoms with Crippen LogP contribution in [0.4, 0.5) is 0 Å². The summed E-state index contributed by atoms with van der Waals surface area (Å²) in [7, 11) is 0. The first kappa shape index (κ1) is 13.8. The largest absolute Gasteiger partial charge is 0.419 e. The second-order valence-electron chi connectivity index (χ2n) is 5.15. The van der Waals surface area contributed by atoms with Crippen molar-refractivity contribution in [3.8, 4) is 11.5 Å². The summed E-state index contributed by atoms with van der Waals surface area (Å²) in [5.41, 5.74) is 0.981. The van der Waals surface area contributed by atoms with Gasteiger partial charge in [-0.2, -0.15) is 0 Å². The van der Waals surface area contributed by atoms with Crippen LogP contribution < -0.4 is 5.32 Å². The quantitative estimate of drug-likeness (QED) is 0.769. The Bertz CT molecular complexity index is 730. The molecule has 0 aliphatic rings. The fourth-order valence-electron chi connectivity index (χ4n) is 2.38. The minimum absolute atomic E-state index is 0.0705. The highest BCUT2D eigenvalue weighted by Gasteiger charge is 2.15. The van der Waals surface area contributed by atoms with Crippen molar-refractivity contribution in [3.05, 3.63) is 48.4 Å². The lowest BCUT2D eigenvalue weighted by Crippen LogP contribution is -2.19. The van der Waals surface area contributed by atoms with Crippen LogP contribution in [0, 0.1) is 0 Å². The smallest absolute Gasteiger partial charge is 0.248 e. The fourth-order valence-corrected chi connectivity index (χ4v) is 2.38. The molecule has 0 aliphatic carbocycles. The Morgan fingerprint density at radius 1 is 1.10 bits per heavy atom. The van der Waals surface area contributed by atoms with Crippen molar-refractivity contribution < 1.29 is 4.42 Å². The Balaban J connectivity index is 1.95. The van der Waals surface area contributed by atoms with Gasteiger partial charge in [0, 0.05) is 5.56 Å². The molecule has 3 aromatic rings. The van der Waals surface area contributed by atoms with E-state index in [4.69, 9.17) is 4.42 Å². The molecule has 0 saturated carbocycles. The Morgan fingerprint density at radius 2 is 1.90 bits per heavy atom. The number of rotatable bonds is 5. The summed E-state index contributed by atoms with van der Waals surface area (Å²) >= 11 is 0. The van der Waals surface area contributed by atoms with Crippen molar-refractivity contribution >= 4 is 10.8 Å². The van der Waals surface area contributed by atoms with Gasteiger partial charge in [0.25, 0.3) is 0 Å². The molecule has 21 heavy (non-hydrogen) atoms. The molecular weight excluding hydrogens is 262 g/mol. The second-order valence-corrected chi connectivity index (χ2v) is 5.15. The van der Waals surface area contributed by atoms with E-state index in [1.165, 1.54) is 5.39 Å². The summed E-state index contributed by atoms with van der Waals surface area (Å²) in [4.78, 5) is 0. The zero-order valence-corrected chi connectivity index (χ0v) is 12.3. The van der Waals surface area contributed by atoms with Gasteiger partial charge in [-0.25, -0.2) is 0 Å². The minimum Gasteiger partial charge on any atom is -0.419 e. The van der Waals surface area contributed by atoms with Crippen LogP contribution in [0.3, 0.4) is 0 Å². The molecule has 4 nitrogen and oxygen atoms in total. The summed E-state index contributed by atoms with van der Waals surface area (Å²) in [6.45, 7) is 5.11. The summed E-state index contributed by atoms with van der Waals surface area (Å²) in [5, 5.41) is 14.0. The summed E-state index contributed by atoms with van der Waals surface area (Å²) in [5.74, 6) is 1.21. The molecule has 1 unspecified atom stereocenters. The summed E-state index contributed by atoms with van der Waals surface area (Å²) in [6.07, 6.45) is 1.08. The molecule has 0 saturated heterocycles. The highest BCUT2D eigenvalue weighted by atomic mass is 16.4. The predicted molar refractivity (Wildman–Crippen MR) is 83.9 cm³/mol. The van der Waals surface area contributed by atoms with Crippen molar-refractivity contribution in [3.63, 3.8) is 0 Å². The maximum absolute atomic E-state index is 5.85. The highest BCUT2D eigenvalue weighted by Crippen LogP contribution is 2.28. The molecule has 1 atom stereocenters. The lowest BCUT2D eigenvalue weighted by atomic mass is 10.0. The van der Waals surface area contributed by atoms with Gasteiger partial charge in [0.15, 0.2) is 0 Å². The molecule has 0 radical (unpaired) electrons. The molecule has 0 amide bonds.